The first-order valence-electron chi connectivity index (χ1n) is 9.62. The quantitative estimate of drug-likeness (QED) is 0.204. The highest BCUT2D eigenvalue weighted by molar-refractivity contribution is 14.0. The number of hydrogen-bond acceptors (Lipinski definition) is 5. The Hall–Kier alpha value is -0.810. The third-order valence-electron chi connectivity index (χ3n) is 3.84. The lowest BCUT2D eigenvalue weighted by Crippen LogP contribution is -2.44. The Labute approximate surface area is 181 Å². The number of morpholine rings is 1. The summed E-state index contributed by atoms with van der Waals surface area (Å²) in [6.07, 6.45) is 0.417. The zero-order chi connectivity index (χ0) is 19.4. The van der Waals surface area contributed by atoms with Gasteiger partial charge in [-0.25, -0.2) is 4.79 Å². The molecule has 1 aliphatic heterocycles. The van der Waals surface area contributed by atoms with Gasteiger partial charge in [0.2, 0.25) is 0 Å². The second kappa shape index (κ2) is 14.2. The molecule has 0 spiro atoms. The number of guanidine groups is 1. The fraction of sp³-hybridized carbons (Fsp3) is 0.889. The van der Waals surface area contributed by atoms with E-state index in [9.17, 15) is 4.79 Å². The van der Waals surface area contributed by atoms with Gasteiger partial charge in [0.15, 0.2) is 5.96 Å². The number of halogens is 1. The molecule has 0 aromatic rings. The van der Waals surface area contributed by atoms with Crippen LogP contribution < -0.4 is 16.0 Å². The Morgan fingerprint density at radius 2 is 1.81 bits per heavy atom. The largest absolute Gasteiger partial charge is 0.444 e. The summed E-state index contributed by atoms with van der Waals surface area (Å²) in [5.74, 6) is 0.810. The molecule has 1 amide bonds. The summed E-state index contributed by atoms with van der Waals surface area (Å²) < 4.78 is 10.6. The summed E-state index contributed by atoms with van der Waals surface area (Å²) in [7, 11) is 0. The van der Waals surface area contributed by atoms with E-state index in [0.29, 0.717) is 12.6 Å². The first-order valence-corrected chi connectivity index (χ1v) is 9.62. The lowest BCUT2D eigenvalue weighted by atomic mass is 10.2. The topological polar surface area (TPSA) is 87.2 Å². The number of alkyl carbamates (subject to hydrolysis) is 1. The van der Waals surface area contributed by atoms with Crippen LogP contribution in [-0.2, 0) is 9.47 Å². The Kier molecular flexibility index (Phi) is 13.8. The van der Waals surface area contributed by atoms with Crippen molar-refractivity contribution in [1.29, 1.82) is 0 Å². The van der Waals surface area contributed by atoms with E-state index < -0.39 is 5.60 Å². The van der Waals surface area contributed by atoms with Gasteiger partial charge in [-0.3, -0.25) is 9.89 Å². The first kappa shape index (κ1) is 26.2. The third-order valence-corrected chi connectivity index (χ3v) is 3.84. The van der Waals surface area contributed by atoms with E-state index in [1.165, 1.54) is 0 Å². The molecule has 0 radical (unpaired) electrons. The Morgan fingerprint density at radius 1 is 1.19 bits per heavy atom. The van der Waals surface area contributed by atoms with Crippen molar-refractivity contribution in [3.63, 3.8) is 0 Å². The monoisotopic (exact) mass is 499 g/mol. The van der Waals surface area contributed by atoms with E-state index in [2.05, 4.69) is 32.8 Å². The summed E-state index contributed by atoms with van der Waals surface area (Å²) in [4.78, 5) is 18.7. The molecule has 8 nitrogen and oxygen atoms in total. The van der Waals surface area contributed by atoms with E-state index in [0.717, 1.165) is 58.3 Å². The van der Waals surface area contributed by atoms with Crippen LogP contribution in [-0.4, -0.2) is 81.1 Å². The molecule has 1 rings (SSSR count). The van der Waals surface area contributed by atoms with Crippen molar-refractivity contribution < 1.29 is 14.3 Å². The van der Waals surface area contributed by atoms with Crippen LogP contribution in [0.1, 0.15) is 41.0 Å². The number of nitrogens with one attached hydrogen (secondary N) is 3. The molecule has 0 aromatic carbocycles. The molecule has 0 bridgehead atoms. The van der Waals surface area contributed by atoms with Crippen molar-refractivity contribution >= 4 is 36.0 Å². The van der Waals surface area contributed by atoms with Gasteiger partial charge in [0, 0.05) is 38.8 Å². The number of nitrogens with zero attached hydrogens (tertiary/aromatic N) is 2. The molecule has 0 aliphatic carbocycles. The van der Waals surface area contributed by atoms with Gasteiger partial charge >= 0.3 is 6.09 Å². The van der Waals surface area contributed by atoms with E-state index in [1.807, 2.05) is 27.7 Å². The maximum Gasteiger partial charge on any atom is 0.407 e. The van der Waals surface area contributed by atoms with E-state index in [1.54, 1.807) is 0 Å². The summed E-state index contributed by atoms with van der Waals surface area (Å²) >= 11 is 0. The minimum atomic E-state index is -0.468. The van der Waals surface area contributed by atoms with E-state index in [-0.39, 0.29) is 30.1 Å². The van der Waals surface area contributed by atoms with Crippen molar-refractivity contribution in [3.05, 3.63) is 0 Å². The van der Waals surface area contributed by atoms with Gasteiger partial charge in [0.1, 0.15) is 5.60 Å². The highest BCUT2D eigenvalue weighted by Gasteiger charge is 2.17. The SMILES string of the molecule is CCNC(=NCC(C)N1CCOCC1)NCCCNC(=O)OC(C)(C)C.I. The summed E-state index contributed by atoms with van der Waals surface area (Å²) in [5.41, 5.74) is -0.468. The Bertz CT molecular complexity index is 437. The highest BCUT2D eigenvalue weighted by atomic mass is 127. The third kappa shape index (κ3) is 13.1. The average Bonchev–Trinajstić information content (AvgIpc) is 2.58. The normalized spacial score (nSPS) is 16.9. The van der Waals surface area contributed by atoms with Gasteiger partial charge in [-0.2, -0.15) is 0 Å². The van der Waals surface area contributed by atoms with Gasteiger partial charge in [-0.15, -0.1) is 24.0 Å². The van der Waals surface area contributed by atoms with Gasteiger partial charge in [0.25, 0.3) is 0 Å². The molecular formula is C18H38IN5O3. The van der Waals surface area contributed by atoms with Crippen LogP contribution in [0.25, 0.3) is 0 Å². The van der Waals surface area contributed by atoms with E-state index in [4.69, 9.17) is 9.47 Å². The van der Waals surface area contributed by atoms with Crippen LogP contribution in [0.2, 0.25) is 0 Å². The number of amides is 1. The second-order valence-corrected chi connectivity index (χ2v) is 7.43. The molecule has 1 heterocycles. The lowest BCUT2D eigenvalue weighted by molar-refractivity contribution is 0.0220. The van der Waals surface area contributed by atoms with Gasteiger partial charge in [-0.1, -0.05) is 0 Å². The number of carbonyl (C=O) groups excluding carboxylic acids is 1. The molecule has 0 aromatic heterocycles. The molecule has 1 atom stereocenters. The molecule has 1 saturated heterocycles. The molecular weight excluding hydrogens is 461 g/mol. The molecule has 160 valence electrons. The van der Waals surface area contributed by atoms with E-state index >= 15 is 0 Å². The minimum absolute atomic E-state index is 0. The van der Waals surface area contributed by atoms with Crippen molar-refractivity contribution in [2.45, 2.75) is 52.7 Å². The molecule has 9 heteroatoms. The standard InChI is InChI=1S/C18H37N5O3.HI/c1-6-19-16(22-14-15(2)23-10-12-25-13-11-23)20-8-7-9-21-17(24)26-18(3,4)5;/h15H,6-14H2,1-5H3,(H,21,24)(H2,19,20,22);1H. The minimum Gasteiger partial charge on any atom is -0.444 e. The van der Waals surface area contributed by atoms with Crippen LogP contribution in [0, 0.1) is 0 Å². The molecule has 0 saturated carbocycles. The van der Waals surface area contributed by atoms with Crippen LogP contribution in [0.4, 0.5) is 4.79 Å². The molecule has 1 unspecified atom stereocenters. The zero-order valence-electron chi connectivity index (χ0n) is 17.5. The number of ether oxygens (including phenoxy) is 2. The number of carbonyl (C=O) groups is 1. The molecule has 1 fully saturated rings. The summed E-state index contributed by atoms with van der Waals surface area (Å²) in [5, 5.41) is 9.32. The number of aliphatic imine (C=N–C) groups is 1. The zero-order valence-corrected chi connectivity index (χ0v) is 19.8. The summed E-state index contributed by atoms with van der Waals surface area (Å²) in [6.45, 7) is 16.2. The lowest BCUT2D eigenvalue weighted by Gasteiger charge is -2.31. The summed E-state index contributed by atoms with van der Waals surface area (Å²) in [6, 6.07) is 0.392. The van der Waals surface area contributed by atoms with Gasteiger partial charge in [-0.05, 0) is 41.0 Å². The van der Waals surface area contributed by atoms with Crippen molar-refractivity contribution in [2.75, 3.05) is 52.5 Å². The maximum atomic E-state index is 11.6. The van der Waals surface area contributed by atoms with Crippen molar-refractivity contribution in [2.24, 2.45) is 4.99 Å². The predicted molar refractivity (Wildman–Crippen MR) is 120 cm³/mol. The Balaban J connectivity index is 0.00000676. The fourth-order valence-electron chi connectivity index (χ4n) is 2.50. The molecule has 27 heavy (non-hydrogen) atoms. The van der Waals surface area contributed by atoms with Crippen LogP contribution >= 0.6 is 24.0 Å². The number of rotatable bonds is 8. The van der Waals surface area contributed by atoms with Crippen molar-refractivity contribution in [1.82, 2.24) is 20.9 Å². The highest BCUT2D eigenvalue weighted by Crippen LogP contribution is 2.06. The fourth-order valence-corrected chi connectivity index (χ4v) is 2.50. The molecule has 1 aliphatic rings. The average molecular weight is 499 g/mol. The van der Waals surface area contributed by atoms with Gasteiger partial charge in [0.05, 0.1) is 19.8 Å². The van der Waals surface area contributed by atoms with Gasteiger partial charge < -0.3 is 25.4 Å². The smallest absolute Gasteiger partial charge is 0.407 e. The number of hydrogen-bond donors (Lipinski definition) is 3. The maximum absolute atomic E-state index is 11.6. The Morgan fingerprint density at radius 3 is 2.41 bits per heavy atom. The van der Waals surface area contributed by atoms with Crippen LogP contribution in [0.3, 0.4) is 0 Å². The first-order chi connectivity index (χ1) is 12.3. The van der Waals surface area contributed by atoms with Crippen molar-refractivity contribution in [3.8, 4) is 0 Å². The second-order valence-electron chi connectivity index (χ2n) is 7.43. The van der Waals surface area contributed by atoms with Crippen LogP contribution in [0.15, 0.2) is 4.99 Å². The molecule has 3 N–H and O–H groups in total. The predicted octanol–water partition coefficient (Wildman–Crippen LogP) is 1.80. The van der Waals surface area contributed by atoms with Crippen LogP contribution in [0.5, 0.6) is 0 Å².